The van der Waals surface area contributed by atoms with Gasteiger partial charge in [-0.25, -0.2) is 0 Å². The lowest BCUT2D eigenvalue weighted by atomic mass is 9.78. The predicted molar refractivity (Wildman–Crippen MR) is 71.1 cm³/mol. The average molecular weight is 240 g/mol. The second kappa shape index (κ2) is 5.68. The minimum absolute atomic E-state index is 0.327. The molecule has 0 amide bonds. The van der Waals surface area contributed by atoms with E-state index in [2.05, 4.69) is 24.2 Å². The fraction of sp³-hybridized carbons (Fsp3) is 1.00. The van der Waals surface area contributed by atoms with Crippen LogP contribution in [0.25, 0.3) is 0 Å². The molecule has 2 rings (SSSR count). The SMILES string of the molecule is CCC1CCNC(C2(O)CCCN(C)CC2)C1. The van der Waals surface area contributed by atoms with Crippen molar-refractivity contribution >= 4 is 0 Å². The first-order valence-electron chi connectivity index (χ1n) is 7.28. The molecule has 17 heavy (non-hydrogen) atoms. The van der Waals surface area contributed by atoms with E-state index >= 15 is 0 Å². The standard InChI is InChI=1S/C14H28N2O/c1-3-12-5-8-15-13(11-12)14(17)6-4-9-16(2)10-7-14/h12-13,15,17H,3-11H2,1-2H3. The van der Waals surface area contributed by atoms with E-state index in [-0.39, 0.29) is 0 Å². The predicted octanol–water partition coefficient (Wildman–Crippen LogP) is 1.61. The molecule has 2 heterocycles. The molecule has 3 unspecified atom stereocenters. The van der Waals surface area contributed by atoms with Crippen molar-refractivity contribution in [3.8, 4) is 0 Å². The maximum atomic E-state index is 10.9. The normalized spacial score (nSPS) is 41.1. The highest BCUT2D eigenvalue weighted by molar-refractivity contribution is 4.96. The fourth-order valence-electron chi connectivity index (χ4n) is 3.40. The molecule has 2 aliphatic rings. The van der Waals surface area contributed by atoms with Gasteiger partial charge in [0.15, 0.2) is 0 Å². The number of aliphatic hydroxyl groups is 1. The number of nitrogens with zero attached hydrogens (tertiary/aromatic N) is 1. The lowest BCUT2D eigenvalue weighted by Crippen LogP contribution is -2.54. The summed E-state index contributed by atoms with van der Waals surface area (Å²) in [5.74, 6) is 0.811. The van der Waals surface area contributed by atoms with Crippen LogP contribution in [0.5, 0.6) is 0 Å². The van der Waals surface area contributed by atoms with E-state index in [0.29, 0.717) is 6.04 Å². The van der Waals surface area contributed by atoms with Crippen molar-refractivity contribution in [1.29, 1.82) is 0 Å². The molecule has 2 aliphatic heterocycles. The van der Waals surface area contributed by atoms with Gasteiger partial charge in [0.2, 0.25) is 0 Å². The molecule has 100 valence electrons. The Morgan fingerprint density at radius 2 is 2.18 bits per heavy atom. The summed E-state index contributed by atoms with van der Waals surface area (Å²) in [6.07, 6.45) is 6.72. The first-order chi connectivity index (χ1) is 8.14. The topological polar surface area (TPSA) is 35.5 Å². The van der Waals surface area contributed by atoms with E-state index in [0.717, 1.165) is 51.2 Å². The summed E-state index contributed by atoms with van der Waals surface area (Å²) in [6, 6.07) is 0.327. The molecule has 0 radical (unpaired) electrons. The van der Waals surface area contributed by atoms with E-state index in [4.69, 9.17) is 0 Å². The largest absolute Gasteiger partial charge is 0.388 e. The minimum Gasteiger partial charge on any atom is -0.388 e. The molecule has 0 spiro atoms. The first-order valence-corrected chi connectivity index (χ1v) is 7.28. The molecule has 0 aromatic carbocycles. The molecule has 0 bridgehead atoms. The Morgan fingerprint density at radius 3 is 2.94 bits per heavy atom. The average Bonchev–Trinajstić information content (AvgIpc) is 2.53. The lowest BCUT2D eigenvalue weighted by Gasteiger charge is -2.41. The zero-order valence-corrected chi connectivity index (χ0v) is 11.4. The highest BCUT2D eigenvalue weighted by Gasteiger charge is 2.39. The molecular weight excluding hydrogens is 212 g/mol. The third kappa shape index (κ3) is 3.21. The van der Waals surface area contributed by atoms with Gasteiger partial charge in [0, 0.05) is 12.6 Å². The van der Waals surface area contributed by atoms with Gasteiger partial charge in [0.05, 0.1) is 5.60 Å². The molecule has 3 atom stereocenters. The summed E-state index contributed by atoms with van der Waals surface area (Å²) in [6.45, 7) is 5.52. The van der Waals surface area contributed by atoms with Crippen LogP contribution in [-0.2, 0) is 0 Å². The zero-order chi connectivity index (χ0) is 12.3. The Balaban J connectivity index is 1.98. The molecule has 3 nitrogen and oxygen atoms in total. The summed E-state index contributed by atoms with van der Waals surface area (Å²) < 4.78 is 0. The second-order valence-corrected chi connectivity index (χ2v) is 6.07. The van der Waals surface area contributed by atoms with E-state index < -0.39 is 5.60 Å². The van der Waals surface area contributed by atoms with Gasteiger partial charge in [0.1, 0.15) is 0 Å². The number of piperidine rings is 1. The van der Waals surface area contributed by atoms with Crippen molar-refractivity contribution < 1.29 is 5.11 Å². The van der Waals surface area contributed by atoms with Gasteiger partial charge in [0.25, 0.3) is 0 Å². The number of likely N-dealkylation sites (tertiary alicyclic amines) is 1. The van der Waals surface area contributed by atoms with Crippen molar-refractivity contribution in [2.75, 3.05) is 26.7 Å². The number of nitrogens with one attached hydrogen (secondary N) is 1. The monoisotopic (exact) mass is 240 g/mol. The lowest BCUT2D eigenvalue weighted by molar-refractivity contribution is -0.0264. The van der Waals surface area contributed by atoms with Crippen LogP contribution in [0, 0.1) is 5.92 Å². The number of rotatable bonds is 2. The van der Waals surface area contributed by atoms with Crippen LogP contribution in [0.4, 0.5) is 0 Å². The van der Waals surface area contributed by atoms with Crippen molar-refractivity contribution in [2.45, 2.75) is 57.1 Å². The molecule has 0 aromatic rings. The van der Waals surface area contributed by atoms with Crippen LogP contribution in [0.2, 0.25) is 0 Å². The van der Waals surface area contributed by atoms with Gasteiger partial charge < -0.3 is 15.3 Å². The van der Waals surface area contributed by atoms with Crippen LogP contribution < -0.4 is 5.32 Å². The van der Waals surface area contributed by atoms with Crippen molar-refractivity contribution in [2.24, 2.45) is 5.92 Å². The van der Waals surface area contributed by atoms with Crippen LogP contribution in [-0.4, -0.2) is 48.3 Å². The smallest absolute Gasteiger partial charge is 0.0812 e. The summed E-state index contributed by atoms with van der Waals surface area (Å²) in [5, 5.41) is 14.5. The molecule has 2 fully saturated rings. The van der Waals surface area contributed by atoms with E-state index in [1.807, 2.05) is 0 Å². The van der Waals surface area contributed by atoms with Crippen molar-refractivity contribution in [1.82, 2.24) is 10.2 Å². The summed E-state index contributed by atoms with van der Waals surface area (Å²) in [5.41, 5.74) is -0.460. The molecule has 0 aromatic heterocycles. The van der Waals surface area contributed by atoms with Gasteiger partial charge >= 0.3 is 0 Å². The maximum Gasteiger partial charge on any atom is 0.0812 e. The highest BCUT2D eigenvalue weighted by atomic mass is 16.3. The van der Waals surface area contributed by atoms with Gasteiger partial charge in [-0.05, 0) is 58.2 Å². The van der Waals surface area contributed by atoms with E-state index in [9.17, 15) is 5.11 Å². The van der Waals surface area contributed by atoms with Gasteiger partial charge in [-0.3, -0.25) is 0 Å². The van der Waals surface area contributed by atoms with Gasteiger partial charge in [-0.2, -0.15) is 0 Å². The number of hydrogen-bond donors (Lipinski definition) is 2. The third-order valence-corrected chi connectivity index (χ3v) is 4.81. The second-order valence-electron chi connectivity index (χ2n) is 6.07. The summed E-state index contributed by atoms with van der Waals surface area (Å²) in [4.78, 5) is 2.35. The van der Waals surface area contributed by atoms with E-state index in [1.54, 1.807) is 0 Å². The summed E-state index contributed by atoms with van der Waals surface area (Å²) >= 11 is 0. The Kier molecular flexibility index (Phi) is 4.45. The Bertz CT molecular complexity index is 246. The Hall–Kier alpha value is -0.120. The van der Waals surface area contributed by atoms with Crippen molar-refractivity contribution in [3.05, 3.63) is 0 Å². The zero-order valence-electron chi connectivity index (χ0n) is 11.4. The van der Waals surface area contributed by atoms with Crippen LogP contribution in [0.15, 0.2) is 0 Å². The Labute approximate surface area is 106 Å². The Morgan fingerprint density at radius 1 is 1.35 bits per heavy atom. The van der Waals surface area contributed by atoms with Crippen LogP contribution >= 0.6 is 0 Å². The molecular formula is C14H28N2O. The maximum absolute atomic E-state index is 10.9. The third-order valence-electron chi connectivity index (χ3n) is 4.81. The summed E-state index contributed by atoms with van der Waals surface area (Å²) in [7, 11) is 2.16. The first kappa shape index (κ1) is 13.3. The molecule has 2 N–H and O–H groups in total. The quantitative estimate of drug-likeness (QED) is 0.770. The fourth-order valence-corrected chi connectivity index (χ4v) is 3.40. The molecule has 0 saturated carbocycles. The van der Waals surface area contributed by atoms with Crippen molar-refractivity contribution in [3.63, 3.8) is 0 Å². The molecule has 2 saturated heterocycles. The molecule has 3 heteroatoms. The van der Waals surface area contributed by atoms with Gasteiger partial charge in [-0.1, -0.05) is 13.3 Å². The molecule has 0 aliphatic carbocycles. The minimum atomic E-state index is -0.460. The van der Waals surface area contributed by atoms with Crippen LogP contribution in [0.1, 0.15) is 45.4 Å². The van der Waals surface area contributed by atoms with E-state index in [1.165, 1.54) is 12.8 Å². The van der Waals surface area contributed by atoms with Gasteiger partial charge in [-0.15, -0.1) is 0 Å². The van der Waals surface area contributed by atoms with Crippen LogP contribution in [0.3, 0.4) is 0 Å². The highest BCUT2D eigenvalue weighted by Crippen LogP contribution is 2.32. The number of hydrogen-bond acceptors (Lipinski definition) is 3.